The van der Waals surface area contributed by atoms with Gasteiger partial charge in [0.25, 0.3) is 0 Å². The summed E-state index contributed by atoms with van der Waals surface area (Å²) in [5, 5.41) is 13.2. The summed E-state index contributed by atoms with van der Waals surface area (Å²) >= 11 is 1.72. The van der Waals surface area contributed by atoms with Gasteiger partial charge in [0, 0.05) is 22.7 Å². The van der Waals surface area contributed by atoms with Crippen molar-refractivity contribution >= 4 is 21.4 Å². The summed E-state index contributed by atoms with van der Waals surface area (Å²) in [6.07, 6.45) is 3.04. The molecule has 2 rings (SSSR count). The Kier molecular flexibility index (Phi) is 3.56. The van der Waals surface area contributed by atoms with Crippen LogP contribution in [0.4, 0.5) is 0 Å². The van der Waals surface area contributed by atoms with Gasteiger partial charge in [-0.15, -0.1) is 11.3 Å². The Bertz CT molecular complexity index is 464. The lowest BCUT2D eigenvalue weighted by Crippen LogP contribution is -2.14. The minimum absolute atomic E-state index is 0.280. The van der Waals surface area contributed by atoms with E-state index in [9.17, 15) is 5.11 Å². The van der Waals surface area contributed by atoms with Gasteiger partial charge in [-0.2, -0.15) is 0 Å². The maximum absolute atomic E-state index is 9.93. The molecule has 1 N–H and O–H groups in total. The maximum Gasteiger partial charge on any atom is 0.0598 e. The van der Waals surface area contributed by atoms with E-state index in [0.717, 1.165) is 12.1 Å². The van der Waals surface area contributed by atoms with Gasteiger partial charge in [0.15, 0.2) is 0 Å². The van der Waals surface area contributed by atoms with E-state index < -0.39 is 0 Å². The molecule has 0 aliphatic rings. The number of nitrogens with zero attached hydrogens (tertiary/aromatic N) is 1. The molecule has 0 aliphatic heterocycles. The number of aliphatic hydroxyl groups excluding tert-OH is 1. The van der Waals surface area contributed by atoms with E-state index in [0.29, 0.717) is 12.3 Å². The monoisotopic (exact) mass is 235 g/mol. The molecule has 0 aliphatic carbocycles. The summed E-state index contributed by atoms with van der Waals surface area (Å²) in [6.45, 7) is 4.25. The predicted molar refractivity (Wildman–Crippen MR) is 68.8 cm³/mol. The normalized spacial score (nSPS) is 13.5. The molecule has 0 radical (unpaired) electrons. The molecule has 0 bridgehead atoms. The van der Waals surface area contributed by atoms with Gasteiger partial charge in [0.05, 0.1) is 11.8 Å². The van der Waals surface area contributed by atoms with Gasteiger partial charge in [0.2, 0.25) is 0 Å². The molecule has 16 heavy (non-hydrogen) atoms. The van der Waals surface area contributed by atoms with Crippen molar-refractivity contribution in [2.45, 2.75) is 32.8 Å². The van der Waals surface area contributed by atoms with Crippen LogP contribution in [0.3, 0.4) is 0 Å². The van der Waals surface area contributed by atoms with Gasteiger partial charge < -0.3 is 5.11 Å². The standard InChI is InChI=1S/C13H17NOS/c1-9(2)7-10(15)8-12-11-4-6-16-13(11)3-5-14-12/h3-6,9-10,15H,7-8H2,1-2H3. The van der Waals surface area contributed by atoms with E-state index in [1.54, 1.807) is 11.3 Å². The molecule has 2 aromatic heterocycles. The lowest BCUT2D eigenvalue weighted by atomic mass is 10.0. The Morgan fingerprint density at radius 1 is 1.38 bits per heavy atom. The van der Waals surface area contributed by atoms with E-state index in [2.05, 4.69) is 30.3 Å². The molecule has 1 unspecified atom stereocenters. The van der Waals surface area contributed by atoms with Gasteiger partial charge in [-0.05, 0) is 29.9 Å². The average Bonchev–Trinajstić information content (AvgIpc) is 2.65. The minimum Gasteiger partial charge on any atom is -0.393 e. The summed E-state index contributed by atoms with van der Waals surface area (Å²) in [6, 6.07) is 4.11. The molecule has 0 saturated heterocycles. The van der Waals surface area contributed by atoms with Crippen molar-refractivity contribution in [1.29, 1.82) is 0 Å². The Hall–Kier alpha value is -0.930. The van der Waals surface area contributed by atoms with E-state index >= 15 is 0 Å². The molecule has 2 aromatic rings. The number of aromatic nitrogens is 1. The smallest absolute Gasteiger partial charge is 0.0598 e. The average molecular weight is 235 g/mol. The highest BCUT2D eigenvalue weighted by Crippen LogP contribution is 2.24. The van der Waals surface area contributed by atoms with Crippen molar-refractivity contribution in [2.75, 3.05) is 0 Å². The van der Waals surface area contributed by atoms with Gasteiger partial charge in [-0.25, -0.2) is 0 Å². The van der Waals surface area contributed by atoms with Crippen LogP contribution >= 0.6 is 11.3 Å². The van der Waals surface area contributed by atoms with E-state index in [-0.39, 0.29) is 6.10 Å². The van der Waals surface area contributed by atoms with Crippen LogP contribution in [0.25, 0.3) is 10.1 Å². The Balaban J connectivity index is 2.17. The SMILES string of the molecule is CC(C)CC(O)Cc1nccc2sccc12. The number of aliphatic hydroxyl groups is 1. The highest BCUT2D eigenvalue weighted by atomic mass is 32.1. The Labute approximate surface area is 100.0 Å². The topological polar surface area (TPSA) is 33.1 Å². The largest absolute Gasteiger partial charge is 0.393 e. The van der Waals surface area contributed by atoms with Gasteiger partial charge in [-0.3, -0.25) is 4.98 Å². The molecular weight excluding hydrogens is 218 g/mol. The highest BCUT2D eigenvalue weighted by molar-refractivity contribution is 7.17. The second kappa shape index (κ2) is 4.93. The van der Waals surface area contributed by atoms with Crippen LogP contribution in [0.5, 0.6) is 0 Å². The third kappa shape index (κ3) is 2.60. The van der Waals surface area contributed by atoms with Crippen LogP contribution in [-0.2, 0) is 6.42 Å². The van der Waals surface area contributed by atoms with Crippen molar-refractivity contribution in [1.82, 2.24) is 4.98 Å². The summed E-state index contributed by atoms with van der Waals surface area (Å²) in [4.78, 5) is 4.37. The van der Waals surface area contributed by atoms with Gasteiger partial charge in [-0.1, -0.05) is 13.8 Å². The fourth-order valence-electron chi connectivity index (χ4n) is 1.97. The van der Waals surface area contributed by atoms with Crippen molar-refractivity contribution in [3.63, 3.8) is 0 Å². The summed E-state index contributed by atoms with van der Waals surface area (Å²) in [7, 11) is 0. The number of pyridine rings is 1. The Morgan fingerprint density at radius 2 is 2.19 bits per heavy atom. The van der Waals surface area contributed by atoms with Crippen molar-refractivity contribution in [2.24, 2.45) is 5.92 Å². The first kappa shape index (κ1) is 11.6. The molecule has 0 aromatic carbocycles. The molecule has 0 fully saturated rings. The van der Waals surface area contributed by atoms with Gasteiger partial charge in [0.1, 0.15) is 0 Å². The third-order valence-electron chi connectivity index (χ3n) is 2.63. The van der Waals surface area contributed by atoms with E-state index in [4.69, 9.17) is 0 Å². The highest BCUT2D eigenvalue weighted by Gasteiger charge is 2.11. The molecular formula is C13H17NOS. The van der Waals surface area contributed by atoms with Crippen LogP contribution in [0.1, 0.15) is 26.0 Å². The maximum atomic E-state index is 9.93. The van der Waals surface area contributed by atoms with Crippen LogP contribution in [0, 0.1) is 5.92 Å². The van der Waals surface area contributed by atoms with Crippen molar-refractivity contribution in [3.8, 4) is 0 Å². The zero-order valence-electron chi connectivity index (χ0n) is 9.68. The van der Waals surface area contributed by atoms with E-state index in [1.165, 1.54) is 10.1 Å². The van der Waals surface area contributed by atoms with Gasteiger partial charge >= 0.3 is 0 Å². The van der Waals surface area contributed by atoms with Crippen LogP contribution in [-0.4, -0.2) is 16.2 Å². The second-order valence-corrected chi connectivity index (χ2v) is 5.53. The van der Waals surface area contributed by atoms with Crippen LogP contribution in [0.15, 0.2) is 23.7 Å². The molecule has 2 heterocycles. The Morgan fingerprint density at radius 3 is 2.94 bits per heavy atom. The van der Waals surface area contributed by atoms with Crippen LogP contribution < -0.4 is 0 Å². The number of hydrogen-bond donors (Lipinski definition) is 1. The molecule has 0 amide bonds. The molecule has 0 saturated carbocycles. The minimum atomic E-state index is -0.280. The first-order valence-corrected chi connectivity index (χ1v) is 6.54. The molecule has 1 atom stereocenters. The van der Waals surface area contributed by atoms with Crippen molar-refractivity contribution < 1.29 is 5.11 Å². The number of hydrogen-bond acceptors (Lipinski definition) is 3. The molecule has 0 spiro atoms. The fourth-order valence-corrected chi connectivity index (χ4v) is 2.77. The van der Waals surface area contributed by atoms with Crippen molar-refractivity contribution in [3.05, 3.63) is 29.4 Å². The zero-order chi connectivity index (χ0) is 11.5. The van der Waals surface area contributed by atoms with Crippen LogP contribution in [0.2, 0.25) is 0 Å². The number of fused-ring (bicyclic) bond motifs is 1. The first-order chi connectivity index (χ1) is 7.66. The van der Waals surface area contributed by atoms with E-state index in [1.807, 2.05) is 12.3 Å². The second-order valence-electron chi connectivity index (χ2n) is 4.58. The number of rotatable bonds is 4. The summed E-state index contributed by atoms with van der Waals surface area (Å²) in [5.41, 5.74) is 1.02. The summed E-state index contributed by atoms with van der Waals surface area (Å²) < 4.78 is 1.25. The molecule has 3 heteroatoms. The predicted octanol–water partition coefficient (Wildman–Crippen LogP) is 3.25. The lowest BCUT2D eigenvalue weighted by molar-refractivity contribution is 0.148. The molecule has 2 nitrogen and oxygen atoms in total. The fraction of sp³-hybridized carbons (Fsp3) is 0.462. The number of thiophene rings is 1. The lowest BCUT2D eigenvalue weighted by Gasteiger charge is -2.12. The first-order valence-electron chi connectivity index (χ1n) is 5.66. The summed E-state index contributed by atoms with van der Waals surface area (Å²) in [5.74, 6) is 0.525. The molecule has 86 valence electrons. The zero-order valence-corrected chi connectivity index (χ0v) is 10.5. The quantitative estimate of drug-likeness (QED) is 0.882. The third-order valence-corrected chi connectivity index (χ3v) is 3.52.